The van der Waals surface area contributed by atoms with Crippen molar-refractivity contribution in [2.75, 3.05) is 13.7 Å². The Hall–Kier alpha value is -1.53. The molecule has 0 amide bonds. The normalized spacial score (nSPS) is 9.62. The second kappa shape index (κ2) is 6.87. The lowest BCUT2D eigenvalue weighted by atomic mass is 10.2. The van der Waals surface area contributed by atoms with Crippen molar-refractivity contribution < 1.29 is 23.9 Å². The highest BCUT2D eigenvalue weighted by Gasteiger charge is 2.18. The van der Waals surface area contributed by atoms with Crippen LogP contribution in [0.4, 0.5) is 0 Å². The van der Waals surface area contributed by atoms with Crippen LogP contribution in [0, 0.1) is 0 Å². The highest BCUT2D eigenvalue weighted by Crippen LogP contribution is 2.09. The summed E-state index contributed by atoms with van der Waals surface area (Å²) in [6, 6.07) is 8.75. The molecule has 0 aliphatic carbocycles. The summed E-state index contributed by atoms with van der Waals surface area (Å²) in [6.07, 6.45) is 0.0751. The van der Waals surface area contributed by atoms with Gasteiger partial charge in [-0.25, -0.2) is 0 Å². The highest BCUT2D eigenvalue weighted by atomic mass is 16.7. The Bertz CT molecular complexity index is 316. The average Bonchev–Trinajstić information content (AvgIpc) is 2.30. The van der Waals surface area contributed by atoms with Crippen molar-refractivity contribution in [3.8, 4) is 5.75 Å². The first-order valence-electron chi connectivity index (χ1n) is 4.80. The minimum Gasteiger partial charge on any atom is -0.512 e. The molecule has 1 aromatic carbocycles. The quantitative estimate of drug-likeness (QED) is 0.566. The number of ether oxygens (including phenoxy) is 1. The first-order chi connectivity index (χ1) is 7.72. The summed E-state index contributed by atoms with van der Waals surface area (Å²) in [5, 5.41) is 9.29. The fourth-order valence-electron chi connectivity index (χ4n) is 0.995. The second-order valence-corrected chi connectivity index (χ2v) is 2.93. The molecule has 1 rings (SSSR count). The Balaban J connectivity index is 2.21. The van der Waals surface area contributed by atoms with Gasteiger partial charge in [0.1, 0.15) is 5.75 Å². The predicted octanol–water partition coefficient (Wildman–Crippen LogP) is 0.622. The van der Waals surface area contributed by atoms with Crippen LogP contribution in [0.25, 0.3) is 0 Å². The van der Waals surface area contributed by atoms with Crippen molar-refractivity contribution in [2.45, 2.75) is 6.42 Å². The Morgan fingerprint density at radius 3 is 2.69 bits per heavy atom. The van der Waals surface area contributed by atoms with Crippen molar-refractivity contribution in [1.29, 1.82) is 0 Å². The van der Waals surface area contributed by atoms with E-state index in [1.807, 2.05) is 6.07 Å². The molecule has 0 aliphatic heterocycles. The van der Waals surface area contributed by atoms with Crippen molar-refractivity contribution in [3.63, 3.8) is 0 Å². The molecular weight excluding hydrogens is 211 g/mol. The molecule has 0 unspecified atom stereocenters. The van der Waals surface area contributed by atoms with Crippen molar-refractivity contribution in [1.82, 2.24) is 0 Å². The van der Waals surface area contributed by atoms with Crippen molar-refractivity contribution >= 4 is 13.3 Å². The monoisotopic (exact) mass is 224 g/mol. The summed E-state index contributed by atoms with van der Waals surface area (Å²) in [4.78, 5) is 10.7. The number of hydrogen-bond acceptors (Lipinski definition) is 5. The lowest BCUT2D eigenvalue weighted by Crippen LogP contribution is -2.27. The van der Waals surface area contributed by atoms with Gasteiger partial charge in [-0.2, -0.15) is 0 Å². The topological polar surface area (TPSA) is 65.0 Å². The number of carbonyl (C=O) groups excluding carboxylic acids is 1. The van der Waals surface area contributed by atoms with E-state index >= 15 is 0 Å². The fourth-order valence-corrected chi connectivity index (χ4v) is 0.995. The van der Waals surface area contributed by atoms with Gasteiger partial charge in [-0.3, -0.25) is 4.79 Å². The van der Waals surface area contributed by atoms with Crippen LogP contribution in [-0.4, -0.2) is 32.0 Å². The van der Waals surface area contributed by atoms with Gasteiger partial charge in [0, 0.05) is 6.61 Å². The van der Waals surface area contributed by atoms with E-state index in [2.05, 4.69) is 4.74 Å². The van der Waals surface area contributed by atoms with Crippen molar-refractivity contribution in [3.05, 3.63) is 30.3 Å². The van der Waals surface area contributed by atoms with Gasteiger partial charge >= 0.3 is 13.3 Å². The zero-order valence-electron chi connectivity index (χ0n) is 8.96. The zero-order chi connectivity index (χ0) is 11.8. The molecule has 0 bridgehead atoms. The molecule has 0 fully saturated rings. The number of hydrogen-bond donors (Lipinski definition) is 1. The van der Waals surface area contributed by atoms with Crippen LogP contribution in [0.3, 0.4) is 0 Å². The summed E-state index contributed by atoms with van der Waals surface area (Å²) in [7, 11) is -0.0915. The smallest absolute Gasteiger partial charge is 0.512 e. The third-order valence-electron chi connectivity index (χ3n) is 1.77. The van der Waals surface area contributed by atoms with Gasteiger partial charge in [0.25, 0.3) is 0 Å². The Morgan fingerprint density at radius 1 is 1.38 bits per heavy atom. The van der Waals surface area contributed by atoms with Crippen LogP contribution in [-0.2, 0) is 14.2 Å². The molecule has 0 aromatic heterocycles. The van der Waals surface area contributed by atoms with E-state index in [1.54, 1.807) is 24.3 Å². The van der Waals surface area contributed by atoms with Crippen LogP contribution in [0.1, 0.15) is 6.42 Å². The summed E-state index contributed by atoms with van der Waals surface area (Å²) in [5.41, 5.74) is 0. The van der Waals surface area contributed by atoms with E-state index in [4.69, 9.17) is 9.31 Å². The maximum Gasteiger partial charge on any atom is 0.710 e. The molecule has 86 valence electrons. The van der Waals surface area contributed by atoms with Crippen LogP contribution in [0.5, 0.6) is 5.75 Å². The molecule has 0 saturated carbocycles. The van der Waals surface area contributed by atoms with Crippen LogP contribution >= 0.6 is 0 Å². The first-order valence-corrected chi connectivity index (χ1v) is 4.80. The van der Waals surface area contributed by atoms with Gasteiger partial charge in [-0.15, -0.1) is 0 Å². The van der Waals surface area contributed by atoms with Gasteiger partial charge < -0.3 is 19.1 Å². The number of esters is 1. The van der Waals surface area contributed by atoms with Crippen LogP contribution < -0.4 is 4.65 Å². The van der Waals surface area contributed by atoms with Gasteiger partial charge in [0.2, 0.25) is 0 Å². The molecule has 0 saturated heterocycles. The lowest BCUT2D eigenvalue weighted by molar-refractivity contribution is -0.141. The largest absolute Gasteiger partial charge is 0.710 e. The summed E-state index contributed by atoms with van der Waals surface area (Å²) in [6.45, 7) is 0.0423. The Labute approximate surface area is 94.1 Å². The Morgan fingerprint density at radius 2 is 2.06 bits per heavy atom. The molecule has 0 aliphatic rings. The van der Waals surface area contributed by atoms with Crippen molar-refractivity contribution in [2.24, 2.45) is 0 Å². The number of rotatable bonds is 6. The molecule has 6 heteroatoms. The predicted molar refractivity (Wildman–Crippen MR) is 57.6 cm³/mol. The summed E-state index contributed by atoms with van der Waals surface area (Å²) >= 11 is 0. The molecule has 0 radical (unpaired) electrons. The molecule has 1 N–H and O–H groups in total. The van der Waals surface area contributed by atoms with E-state index in [0.29, 0.717) is 5.75 Å². The number of methoxy groups -OCH3 is 1. The van der Waals surface area contributed by atoms with E-state index in [0.717, 1.165) is 0 Å². The molecule has 0 spiro atoms. The lowest BCUT2D eigenvalue weighted by Gasteiger charge is -2.09. The van der Waals surface area contributed by atoms with Crippen LogP contribution in [0.2, 0.25) is 0 Å². The fraction of sp³-hybridized carbons (Fsp3) is 0.300. The van der Waals surface area contributed by atoms with Gasteiger partial charge in [-0.1, -0.05) is 18.2 Å². The van der Waals surface area contributed by atoms with E-state index in [-0.39, 0.29) is 13.0 Å². The van der Waals surface area contributed by atoms with Gasteiger partial charge in [0.15, 0.2) is 0 Å². The second-order valence-electron chi connectivity index (χ2n) is 2.93. The third-order valence-corrected chi connectivity index (χ3v) is 1.77. The van der Waals surface area contributed by atoms with Crippen LogP contribution in [0.15, 0.2) is 30.3 Å². The average molecular weight is 224 g/mol. The SMILES string of the molecule is COC(=O)CCOB(O)Oc1ccccc1. The molecule has 0 atom stereocenters. The number of para-hydroxylation sites is 1. The molecule has 5 nitrogen and oxygen atoms in total. The molecule has 0 heterocycles. The van der Waals surface area contributed by atoms with Gasteiger partial charge in [0.05, 0.1) is 13.5 Å². The first kappa shape index (κ1) is 12.5. The summed E-state index contributed by atoms with van der Waals surface area (Å²) < 4.78 is 14.3. The minimum absolute atomic E-state index is 0.0423. The molecule has 1 aromatic rings. The van der Waals surface area contributed by atoms with E-state index in [9.17, 15) is 9.82 Å². The number of carbonyl (C=O) groups is 1. The maximum absolute atomic E-state index is 10.7. The minimum atomic E-state index is -1.38. The molecular formula is C10H13BO5. The third kappa shape index (κ3) is 4.81. The highest BCUT2D eigenvalue weighted by molar-refractivity contribution is 6.35. The summed E-state index contributed by atoms with van der Waals surface area (Å²) in [5.74, 6) is 0.0972. The molecule has 16 heavy (non-hydrogen) atoms. The maximum atomic E-state index is 10.7. The van der Waals surface area contributed by atoms with E-state index < -0.39 is 13.3 Å². The standard InChI is InChI=1S/C10H13BO5/c1-14-10(12)7-8-15-11(13)16-9-5-3-2-4-6-9/h2-6,13H,7-8H2,1H3. The Kier molecular flexibility index (Phi) is 5.38. The van der Waals surface area contributed by atoms with Gasteiger partial charge in [-0.05, 0) is 12.1 Å². The van der Waals surface area contributed by atoms with E-state index in [1.165, 1.54) is 7.11 Å². The number of benzene rings is 1. The zero-order valence-corrected chi connectivity index (χ0v) is 8.96.